The van der Waals surface area contributed by atoms with Crippen molar-refractivity contribution in [2.75, 3.05) is 6.67 Å². The fraction of sp³-hybridized carbons (Fsp3) is 0.333. The monoisotopic (exact) mass is 264 g/mol. The molecule has 0 bridgehead atoms. The molecule has 1 aliphatic carbocycles. The second kappa shape index (κ2) is 4.57. The molecular formula is C12H10ClFN4. The van der Waals surface area contributed by atoms with E-state index in [-0.39, 0.29) is 18.5 Å². The van der Waals surface area contributed by atoms with Crippen molar-refractivity contribution in [1.29, 1.82) is 0 Å². The molecule has 0 N–H and O–H groups in total. The summed E-state index contributed by atoms with van der Waals surface area (Å²) in [6.45, 7) is -0.312. The van der Waals surface area contributed by atoms with Crippen LogP contribution in [0.25, 0.3) is 11.3 Å². The first-order valence-electron chi connectivity index (χ1n) is 5.64. The number of rotatable bonds is 3. The zero-order chi connectivity index (χ0) is 12.5. The highest BCUT2D eigenvalue weighted by molar-refractivity contribution is 6.30. The smallest absolute Gasteiger partial charge is 0.155 e. The first-order chi connectivity index (χ1) is 8.79. The maximum Gasteiger partial charge on any atom is 0.155 e. The van der Waals surface area contributed by atoms with Gasteiger partial charge in [0.2, 0.25) is 0 Å². The first kappa shape index (κ1) is 11.5. The summed E-state index contributed by atoms with van der Waals surface area (Å²) in [6.07, 6.45) is 5.60. The molecule has 0 saturated heterocycles. The van der Waals surface area contributed by atoms with Crippen molar-refractivity contribution in [2.45, 2.75) is 12.3 Å². The average molecular weight is 265 g/mol. The second-order valence-corrected chi connectivity index (χ2v) is 4.72. The molecule has 6 heteroatoms. The minimum Gasteiger partial charge on any atom is -0.251 e. The molecule has 0 unspecified atom stereocenters. The molecule has 0 aliphatic heterocycles. The van der Waals surface area contributed by atoms with Crippen LogP contribution in [0, 0.1) is 5.92 Å². The van der Waals surface area contributed by atoms with Gasteiger partial charge in [-0.3, -0.25) is 4.39 Å². The zero-order valence-corrected chi connectivity index (χ0v) is 10.2. The van der Waals surface area contributed by atoms with Crippen LogP contribution in [0.2, 0.25) is 5.15 Å². The van der Waals surface area contributed by atoms with Gasteiger partial charge in [0.05, 0.1) is 12.4 Å². The standard InChI is InChI=1S/C12H10ClFN4/c13-12-10(9-1-7(9)3-14)2-11(17-18-12)8-4-15-6-16-5-8/h2,4-7,9H,1,3H2/t7-,9+/m1/s1. The molecule has 2 heterocycles. The van der Waals surface area contributed by atoms with E-state index < -0.39 is 0 Å². The predicted octanol–water partition coefficient (Wildman–Crippen LogP) is 2.66. The maximum absolute atomic E-state index is 12.6. The Balaban J connectivity index is 1.97. The lowest BCUT2D eigenvalue weighted by atomic mass is 10.1. The van der Waals surface area contributed by atoms with Crippen LogP contribution in [0.3, 0.4) is 0 Å². The molecule has 1 aliphatic rings. The van der Waals surface area contributed by atoms with Crippen LogP contribution in [-0.2, 0) is 0 Å². The molecule has 4 nitrogen and oxygen atoms in total. The molecule has 0 spiro atoms. The van der Waals surface area contributed by atoms with E-state index in [0.29, 0.717) is 10.8 Å². The summed E-state index contributed by atoms with van der Waals surface area (Å²) >= 11 is 6.01. The quantitative estimate of drug-likeness (QED) is 0.855. The largest absolute Gasteiger partial charge is 0.251 e. The number of alkyl halides is 1. The number of halogens is 2. The first-order valence-corrected chi connectivity index (χ1v) is 6.02. The van der Waals surface area contributed by atoms with E-state index in [0.717, 1.165) is 17.5 Å². The summed E-state index contributed by atoms with van der Waals surface area (Å²) in [5.74, 6) is 0.243. The van der Waals surface area contributed by atoms with Gasteiger partial charge >= 0.3 is 0 Å². The van der Waals surface area contributed by atoms with E-state index >= 15 is 0 Å². The minimum absolute atomic E-state index is 0.0755. The highest BCUT2D eigenvalue weighted by Gasteiger charge is 2.40. The lowest BCUT2D eigenvalue weighted by Gasteiger charge is -2.04. The van der Waals surface area contributed by atoms with Gasteiger partial charge < -0.3 is 0 Å². The van der Waals surface area contributed by atoms with Gasteiger partial charge in [-0.25, -0.2) is 9.97 Å². The van der Waals surface area contributed by atoms with Gasteiger partial charge in [0.1, 0.15) is 6.33 Å². The molecule has 18 heavy (non-hydrogen) atoms. The van der Waals surface area contributed by atoms with E-state index in [4.69, 9.17) is 11.6 Å². The molecule has 1 fully saturated rings. The van der Waals surface area contributed by atoms with Gasteiger partial charge in [-0.15, -0.1) is 10.2 Å². The molecule has 2 atom stereocenters. The van der Waals surface area contributed by atoms with E-state index in [9.17, 15) is 4.39 Å². The Bertz CT molecular complexity index is 563. The number of hydrogen-bond acceptors (Lipinski definition) is 4. The highest BCUT2D eigenvalue weighted by Crippen LogP contribution is 2.49. The van der Waals surface area contributed by atoms with Crippen molar-refractivity contribution in [3.63, 3.8) is 0 Å². The van der Waals surface area contributed by atoms with Crippen LogP contribution in [0.1, 0.15) is 17.9 Å². The SMILES string of the molecule is FC[C@H]1C[C@@H]1c1cc(-c2cncnc2)nnc1Cl. The lowest BCUT2D eigenvalue weighted by molar-refractivity contribution is 0.452. The number of nitrogens with zero attached hydrogens (tertiary/aromatic N) is 4. The number of hydrogen-bond donors (Lipinski definition) is 0. The Morgan fingerprint density at radius 1 is 1.28 bits per heavy atom. The predicted molar refractivity (Wildman–Crippen MR) is 64.9 cm³/mol. The summed E-state index contributed by atoms with van der Waals surface area (Å²) in [5, 5.41) is 8.30. The number of aromatic nitrogens is 4. The van der Waals surface area contributed by atoms with Crippen molar-refractivity contribution in [1.82, 2.24) is 20.2 Å². The summed E-state index contributed by atoms with van der Waals surface area (Å²) in [5.41, 5.74) is 2.31. The van der Waals surface area contributed by atoms with Gasteiger partial charge in [0.15, 0.2) is 5.15 Å². The molecule has 0 amide bonds. The third-order valence-corrected chi connectivity index (χ3v) is 3.45. The lowest BCUT2D eigenvalue weighted by Crippen LogP contribution is -1.96. The van der Waals surface area contributed by atoms with E-state index in [1.807, 2.05) is 6.07 Å². The van der Waals surface area contributed by atoms with Crippen LogP contribution in [-0.4, -0.2) is 26.8 Å². The third-order valence-electron chi connectivity index (χ3n) is 3.15. The van der Waals surface area contributed by atoms with Crippen LogP contribution >= 0.6 is 11.6 Å². The van der Waals surface area contributed by atoms with Crippen molar-refractivity contribution >= 4 is 11.6 Å². The molecule has 2 aromatic rings. The Hall–Kier alpha value is -1.62. The summed E-state index contributed by atoms with van der Waals surface area (Å²) in [7, 11) is 0. The second-order valence-electron chi connectivity index (χ2n) is 4.36. The van der Waals surface area contributed by atoms with E-state index in [1.165, 1.54) is 6.33 Å². The van der Waals surface area contributed by atoms with Gasteiger partial charge in [0.25, 0.3) is 0 Å². The third kappa shape index (κ3) is 2.06. The maximum atomic E-state index is 12.6. The van der Waals surface area contributed by atoms with Crippen molar-refractivity contribution in [3.8, 4) is 11.3 Å². The van der Waals surface area contributed by atoms with E-state index in [2.05, 4.69) is 20.2 Å². The molecular weight excluding hydrogens is 255 g/mol. The Labute approximate surface area is 108 Å². The summed E-state index contributed by atoms with van der Waals surface area (Å²) in [4.78, 5) is 7.87. The molecule has 3 rings (SSSR count). The molecule has 92 valence electrons. The van der Waals surface area contributed by atoms with Crippen LogP contribution in [0.4, 0.5) is 4.39 Å². The van der Waals surface area contributed by atoms with Gasteiger partial charge in [-0.1, -0.05) is 11.6 Å². The van der Waals surface area contributed by atoms with Gasteiger partial charge in [0, 0.05) is 18.0 Å². The highest BCUT2D eigenvalue weighted by atomic mass is 35.5. The minimum atomic E-state index is -0.312. The van der Waals surface area contributed by atoms with Crippen molar-refractivity contribution in [2.24, 2.45) is 5.92 Å². The van der Waals surface area contributed by atoms with Gasteiger partial charge in [-0.05, 0) is 29.9 Å². The zero-order valence-electron chi connectivity index (χ0n) is 9.42. The Morgan fingerprint density at radius 2 is 2.06 bits per heavy atom. The average Bonchev–Trinajstić information content (AvgIpc) is 3.20. The van der Waals surface area contributed by atoms with Crippen molar-refractivity contribution in [3.05, 3.63) is 35.5 Å². The summed E-state index contributed by atoms with van der Waals surface area (Å²) in [6, 6.07) is 1.86. The topological polar surface area (TPSA) is 51.6 Å². The summed E-state index contributed by atoms with van der Waals surface area (Å²) < 4.78 is 12.6. The fourth-order valence-electron chi connectivity index (χ4n) is 2.02. The molecule has 0 aromatic carbocycles. The van der Waals surface area contributed by atoms with Gasteiger partial charge in [-0.2, -0.15) is 0 Å². The Morgan fingerprint density at radius 3 is 2.72 bits per heavy atom. The molecule has 2 aromatic heterocycles. The normalized spacial score (nSPS) is 21.9. The van der Waals surface area contributed by atoms with Crippen LogP contribution in [0.5, 0.6) is 0 Å². The van der Waals surface area contributed by atoms with E-state index in [1.54, 1.807) is 12.4 Å². The molecule has 1 saturated carbocycles. The van der Waals surface area contributed by atoms with Crippen LogP contribution in [0.15, 0.2) is 24.8 Å². The van der Waals surface area contributed by atoms with Crippen LogP contribution < -0.4 is 0 Å². The fourth-order valence-corrected chi connectivity index (χ4v) is 2.26. The van der Waals surface area contributed by atoms with Crippen molar-refractivity contribution < 1.29 is 4.39 Å². The Kier molecular flexibility index (Phi) is 2.91. The molecule has 0 radical (unpaired) electrons.